The van der Waals surface area contributed by atoms with Gasteiger partial charge < -0.3 is 15.1 Å². The highest BCUT2D eigenvalue weighted by Gasteiger charge is 2.41. The highest BCUT2D eigenvalue weighted by Crippen LogP contribution is 2.26. The second-order valence-corrected chi connectivity index (χ2v) is 7.85. The normalized spacial score (nSPS) is 33.0. The van der Waals surface area contributed by atoms with Crippen molar-refractivity contribution in [2.45, 2.75) is 37.5 Å². The lowest BCUT2D eigenvalue weighted by Crippen LogP contribution is -2.51. The Morgan fingerprint density at radius 2 is 1.96 bits per heavy atom. The first-order chi connectivity index (χ1) is 12.5. The monoisotopic (exact) mass is 362 g/mol. The van der Waals surface area contributed by atoms with E-state index in [1.54, 1.807) is 24.2 Å². The van der Waals surface area contributed by atoms with Crippen LogP contribution in [0.15, 0.2) is 18.5 Å². The maximum atomic E-state index is 14.0. The summed E-state index contributed by atoms with van der Waals surface area (Å²) < 4.78 is 14.0. The highest BCUT2D eigenvalue weighted by atomic mass is 19.1. The topological polar surface area (TPSA) is 64.6 Å². The molecule has 3 saturated heterocycles. The van der Waals surface area contributed by atoms with E-state index < -0.39 is 5.67 Å². The lowest BCUT2D eigenvalue weighted by molar-refractivity contribution is -0.132. The summed E-state index contributed by atoms with van der Waals surface area (Å²) >= 11 is 0. The Hall–Kier alpha value is -1.80. The van der Waals surface area contributed by atoms with Gasteiger partial charge in [-0.2, -0.15) is 0 Å². The van der Waals surface area contributed by atoms with Crippen molar-refractivity contribution in [2.75, 3.05) is 50.7 Å². The predicted octanol–water partition coefficient (Wildman–Crippen LogP) is 0.290. The van der Waals surface area contributed by atoms with Gasteiger partial charge in [-0.1, -0.05) is 0 Å². The molecule has 0 saturated carbocycles. The zero-order chi connectivity index (χ0) is 18.1. The van der Waals surface area contributed by atoms with Gasteiger partial charge in [-0.3, -0.25) is 9.69 Å². The molecule has 0 aliphatic carbocycles. The van der Waals surface area contributed by atoms with Crippen LogP contribution in [0.1, 0.15) is 19.8 Å². The molecule has 0 bridgehead atoms. The van der Waals surface area contributed by atoms with Gasteiger partial charge in [-0.15, -0.1) is 0 Å². The molecule has 3 aliphatic heterocycles. The second-order valence-electron chi connectivity index (χ2n) is 7.85. The summed E-state index contributed by atoms with van der Waals surface area (Å²) in [6.45, 7) is 6.83. The van der Waals surface area contributed by atoms with Crippen LogP contribution in [0.5, 0.6) is 0 Å². The Kier molecular flexibility index (Phi) is 4.79. The largest absolute Gasteiger partial charge is 0.338 e. The Balaban J connectivity index is 1.28. The molecule has 4 rings (SSSR count). The molecule has 1 aromatic heterocycles. The summed E-state index contributed by atoms with van der Waals surface area (Å²) in [4.78, 5) is 27.6. The molecule has 1 aromatic rings. The number of amides is 1. The summed E-state index contributed by atoms with van der Waals surface area (Å²) in [6.07, 6.45) is 4.79. The van der Waals surface area contributed by atoms with Crippen LogP contribution in [0.4, 0.5) is 10.3 Å². The van der Waals surface area contributed by atoms with E-state index in [-0.39, 0.29) is 18.5 Å². The molecule has 3 aliphatic rings. The van der Waals surface area contributed by atoms with Gasteiger partial charge in [0.15, 0.2) is 0 Å². The zero-order valence-electron chi connectivity index (χ0n) is 15.3. The molecule has 0 aromatic carbocycles. The second kappa shape index (κ2) is 7.08. The van der Waals surface area contributed by atoms with Gasteiger partial charge in [0.2, 0.25) is 11.9 Å². The quantitative estimate of drug-likeness (QED) is 0.834. The molecule has 4 heterocycles. The Bertz CT molecular complexity index is 634. The number of nitrogens with zero attached hydrogens (tertiary/aromatic N) is 5. The summed E-state index contributed by atoms with van der Waals surface area (Å²) in [5, 5.41) is 3.36. The van der Waals surface area contributed by atoms with Crippen LogP contribution in [-0.4, -0.2) is 89.2 Å². The zero-order valence-corrected chi connectivity index (χ0v) is 15.3. The highest BCUT2D eigenvalue weighted by molar-refractivity contribution is 5.82. The molecule has 0 radical (unpaired) electrons. The molecule has 26 heavy (non-hydrogen) atoms. The fourth-order valence-electron chi connectivity index (χ4n) is 4.26. The number of carbonyl (C=O) groups excluding carboxylic acids is 1. The maximum absolute atomic E-state index is 14.0. The van der Waals surface area contributed by atoms with Crippen LogP contribution in [0.3, 0.4) is 0 Å². The minimum absolute atomic E-state index is 0.0604. The predicted molar refractivity (Wildman–Crippen MR) is 96.7 cm³/mol. The lowest BCUT2D eigenvalue weighted by Gasteiger charge is -2.37. The van der Waals surface area contributed by atoms with E-state index in [1.165, 1.54) is 0 Å². The minimum atomic E-state index is -1.23. The number of piperazine rings is 1. The molecule has 1 amide bonds. The van der Waals surface area contributed by atoms with Crippen molar-refractivity contribution in [3.63, 3.8) is 0 Å². The van der Waals surface area contributed by atoms with Crippen LogP contribution in [0.2, 0.25) is 0 Å². The number of alkyl halides is 1. The minimum Gasteiger partial charge on any atom is -0.338 e. The van der Waals surface area contributed by atoms with Gasteiger partial charge in [0.1, 0.15) is 5.67 Å². The number of hydrogen-bond donors (Lipinski definition) is 1. The van der Waals surface area contributed by atoms with Crippen molar-refractivity contribution < 1.29 is 9.18 Å². The Labute approximate surface area is 153 Å². The van der Waals surface area contributed by atoms with Crippen LogP contribution in [0.25, 0.3) is 0 Å². The first kappa shape index (κ1) is 17.6. The third kappa shape index (κ3) is 3.66. The van der Waals surface area contributed by atoms with Crippen LogP contribution >= 0.6 is 0 Å². The smallest absolute Gasteiger partial charge is 0.239 e. The molecule has 1 N–H and O–H groups in total. The number of halogens is 1. The fourth-order valence-corrected chi connectivity index (χ4v) is 4.26. The lowest BCUT2D eigenvalue weighted by atomic mass is 10.1. The first-order valence-electron chi connectivity index (χ1n) is 9.49. The van der Waals surface area contributed by atoms with Gasteiger partial charge in [-0.25, -0.2) is 14.4 Å². The molecule has 0 spiro atoms. The van der Waals surface area contributed by atoms with Crippen LogP contribution in [-0.2, 0) is 4.79 Å². The molecule has 8 heteroatoms. The van der Waals surface area contributed by atoms with Gasteiger partial charge in [0.05, 0.1) is 12.6 Å². The van der Waals surface area contributed by atoms with E-state index in [2.05, 4.69) is 25.1 Å². The van der Waals surface area contributed by atoms with Crippen LogP contribution < -0.4 is 10.2 Å². The van der Waals surface area contributed by atoms with Crippen LogP contribution in [0, 0.1) is 0 Å². The third-order valence-corrected chi connectivity index (χ3v) is 5.81. The standard InChI is InChI=1S/C18H27FN6O/c1-18(19)3-6-25(13-18)16(26)15-11-14(12-22-15)23-7-9-24(10-8-23)17-20-4-2-5-21-17/h2,4-5,14-15,22H,3,6-13H2,1H3/t14-,15-,18?/m0/s1. The van der Waals surface area contributed by atoms with Crippen molar-refractivity contribution >= 4 is 11.9 Å². The molecule has 1 unspecified atom stereocenters. The molecular formula is C18H27FN6O. The fraction of sp³-hybridized carbons (Fsp3) is 0.722. The Morgan fingerprint density at radius 1 is 1.23 bits per heavy atom. The number of nitrogens with one attached hydrogen (secondary N) is 1. The van der Waals surface area contributed by atoms with Gasteiger partial charge in [0.25, 0.3) is 0 Å². The first-order valence-corrected chi connectivity index (χ1v) is 9.49. The van der Waals surface area contributed by atoms with E-state index in [9.17, 15) is 9.18 Å². The number of likely N-dealkylation sites (tertiary alicyclic amines) is 1. The van der Waals surface area contributed by atoms with Crippen molar-refractivity contribution in [2.24, 2.45) is 0 Å². The van der Waals surface area contributed by atoms with Crippen molar-refractivity contribution in [3.8, 4) is 0 Å². The molecular weight excluding hydrogens is 335 g/mol. The van der Waals surface area contributed by atoms with Gasteiger partial charge >= 0.3 is 0 Å². The summed E-state index contributed by atoms with van der Waals surface area (Å²) in [7, 11) is 0. The Morgan fingerprint density at radius 3 is 2.62 bits per heavy atom. The average molecular weight is 362 g/mol. The SMILES string of the molecule is CC1(F)CCN(C(=O)[C@@H]2C[C@H](N3CCN(c4ncccn4)CC3)CN2)C1. The van der Waals surface area contributed by atoms with E-state index in [1.807, 2.05) is 6.07 Å². The van der Waals surface area contributed by atoms with Crippen molar-refractivity contribution in [1.82, 2.24) is 25.1 Å². The van der Waals surface area contributed by atoms with E-state index in [0.717, 1.165) is 45.1 Å². The average Bonchev–Trinajstić information content (AvgIpc) is 3.29. The van der Waals surface area contributed by atoms with Crippen molar-refractivity contribution in [3.05, 3.63) is 18.5 Å². The summed E-state index contributed by atoms with van der Waals surface area (Å²) in [5.41, 5.74) is -1.23. The summed E-state index contributed by atoms with van der Waals surface area (Å²) in [6, 6.07) is 2.01. The molecule has 142 valence electrons. The number of aromatic nitrogens is 2. The van der Waals surface area contributed by atoms with Crippen molar-refractivity contribution in [1.29, 1.82) is 0 Å². The number of carbonyl (C=O) groups is 1. The summed E-state index contributed by atoms with van der Waals surface area (Å²) in [5.74, 6) is 0.846. The molecule has 7 nitrogen and oxygen atoms in total. The van der Waals surface area contributed by atoms with Gasteiger partial charge in [0, 0.05) is 64.1 Å². The number of hydrogen-bond acceptors (Lipinski definition) is 6. The van der Waals surface area contributed by atoms with E-state index in [4.69, 9.17) is 0 Å². The van der Waals surface area contributed by atoms with E-state index >= 15 is 0 Å². The third-order valence-electron chi connectivity index (χ3n) is 5.81. The van der Waals surface area contributed by atoms with Gasteiger partial charge in [-0.05, 0) is 19.4 Å². The number of rotatable bonds is 3. The van der Waals surface area contributed by atoms with E-state index in [0.29, 0.717) is 19.0 Å². The molecule has 3 fully saturated rings. The molecule has 3 atom stereocenters. The number of anilines is 1. The maximum Gasteiger partial charge on any atom is 0.239 e.